The average Bonchev–Trinajstić information content (AvgIpc) is 2.67. The maximum absolute atomic E-state index is 5.78. The summed E-state index contributed by atoms with van der Waals surface area (Å²) in [6, 6.07) is 17.8. The van der Waals surface area contributed by atoms with Crippen LogP contribution in [-0.2, 0) is 6.61 Å². The van der Waals surface area contributed by atoms with Gasteiger partial charge in [0.15, 0.2) is 5.82 Å². The van der Waals surface area contributed by atoms with Crippen molar-refractivity contribution in [2.75, 3.05) is 17.2 Å². The summed E-state index contributed by atoms with van der Waals surface area (Å²) in [5, 5.41) is 14.3. The maximum Gasteiger partial charge on any atom is 0.249 e. The number of nitrogens with one attached hydrogen (secondary N) is 2. The summed E-state index contributed by atoms with van der Waals surface area (Å²) in [4.78, 5) is 4.38. The van der Waals surface area contributed by atoms with E-state index in [1.54, 1.807) is 6.20 Å². The summed E-state index contributed by atoms with van der Waals surface area (Å²) in [6.07, 6.45) is 2.64. The molecule has 0 aliphatic rings. The first-order chi connectivity index (χ1) is 12.3. The lowest BCUT2D eigenvalue weighted by molar-refractivity contribution is 0.306. The van der Waals surface area contributed by atoms with Crippen LogP contribution in [0.1, 0.15) is 18.9 Å². The van der Waals surface area contributed by atoms with Gasteiger partial charge in [-0.25, -0.2) is 0 Å². The average molecular weight is 335 g/mol. The van der Waals surface area contributed by atoms with E-state index in [1.807, 2.05) is 54.6 Å². The van der Waals surface area contributed by atoms with Gasteiger partial charge in [-0.2, -0.15) is 10.1 Å². The number of benzene rings is 2. The van der Waals surface area contributed by atoms with E-state index >= 15 is 0 Å². The third-order valence-corrected chi connectivity index (χ3v) is 3.47. The summed E-state index contributed by atoms with van der Waals surface area (Å²) in [5.41, 5.74) is 2.02. The van der Waals surface area contributed by atoms with Crippen molar-refractivity contribution in [2.45, 2.75) is 20.0 Å². The second-order valence-electron chi connectivity index (χ2n) is 5.52. The zero-order valence-electron chi connectivity index (χ0n) is 14.1. The Labute approximate surface area is 147 Å². The predicted octanol–water partition coefficient (Wildman–Crippen LogP) is 4.02. The van der Waals surface area contributed by atoms with Gasteiger partial charge in [-0.3, -0.25) is 0 Å². The first kappa shape index (κ1) is 16.7. The van der Waals surface area contributed by atoms with Gasteiger partial charge in [0.1, 0.15) is 12.4 Å². The van der Waals surface area contributed by atoms with Gasteiger partial charge in [0.2, 0.25) is 5.95 Å². The van der Waals surface area contributed by atoms with Crippen LogP contribution in [0.2, 0.25) is 0 Å². The number of aromatic nitrogens is 3. The molecule has 3 rings (SSSR count). The quantitative estimate of drug-likeness (QED) is 0.648. The molecular formula is C19H21N5O. The van der Waals surface area contributed by atoms with E-state index in [0.717, 1.165) is 30.0 Å². The Kier molecular flexibility index (Phi) is 5.77. The fraction of sp³-hybridized carbons (Fsp3) is 0.211. The summed E-state index contributed by atoms with van der Waals surface area (Å²) < 4.78 is 5.78. The molecule has 0 aliphatic carbocycles. The smallest absolute Gasteiger partial charge is 0.249 e. The zero-order chi connectivity index (χ0) is 17.3. The van der Waals surface area contributed by atoms with E-state index < -0.39 is 0 Å². The molecule has 128 valence electrons. The SMILES string of the molecule is CCCNc1cnnc(Nc2ccc(OCc3ccccc3)cc2)n1. The summed E-state index contributed by atoms with van der Waals surface area (Å²) >= 11 is 0. The van der Waals surface area contributed by atoms with Gasteiger partial charge in [-0.05, 0) is 36.2 Å². The highest BCUT2D eigenvalue weighted by Gasteiger charge is 2.02. The highest BCUT2D eigenvalue weighted by Crippen LogP contribution is 2.19. The van der Waals surface area contributed by atoms with Crippen LogP contribution in [0, 0.1) is 0 Å². The molecule has 0 radical (unpaired) electrons. The molecule has 2 aromatic carbocycles. The minimum absolute atomic E-state index is 0.457. The van der Waals surface area contributed by atoms with Crippen LogP contribution in [0.25, 0.3) is 0 Å². The van der Waals surface area contributed by atoms with Crippen LogP contribution in [0.15, 0.2) is 60.8 Å². The fourth-order valence-electron chi connectivity index (χ4n) is 2.20. The molecule has 0 spiro atoms. The van der Waals surface area contributed by atoms with Crippen LogP contribution in [-0.4, -0.2) is 21.7 Å². The Morgan fingerprint density at radius 2 is 1.80 bits per heavy atom. The van der Waals surface area contributed by atoms with Crippen LogP contribution >= 0.6 is 0 Å². The number of nitrogens with zero attached hydrogens (tertiary/aromatic N) is 3. The molecule has 0 saturated heterocycles. The van der Waals surface area contributed by atoms with E-state index in [1.165, 1.54) is 0 Å². The van der Waals surface area contributed by atoms with Gasteiger partial charge in [0, 0.05) is 12.2 Å². The summed E-state index contributed by atoms with van der Waals surface area (Å²) in [7, 11) is 0. The molecule has 1 aromatic heterocycles. The van der Waals surface area contributed by atoms with Crippen molar-refractivity contribution in [1.82, 2.24) is 15.2 Å². The number of anilines is 3. The van der Waals surface area contributed by atoms with Crippen LogP contribution in [0.3, 0.4) is 0 Å². The highest BCUT2D eigenvalue weighted by molar-refractivity contribution is 5.55. The number of hydrogen-bond donors (Lipinski definition) is 2. The third-order valence-electron chi connectivity index (χ3n) is 3.47. The number of hydrogen-bond acceptors (Lipinski definition) is 6. The minimum Gasteiger partial charge on any atom is -0.489 e. The lowest BCUT2D eigenvalue weighted by Crippen LogP contribution is -2.06. The Balaban J connectivity index is 1.57. The van der Waals surface area contributed by atoms with E-state index in [-0.39, 0.29) is 0 Å². The summed E-state index contributed by atoms with van der Waals surface area (Å²) in [5.74, 6) is 1.98. The van der Waals surface area contributed by atoms with Gasteiger partial charge >= 0.3 is 0 Å². The third kappa shape index (κ3) is 5.17. The van der Waals surface area contributed by atoms with Gasteiger partial charge < -0.3 is 15.4 Å². The normalized spacial score (nSPS) is 10.3. The van der Waals surface area contributed by atoms with E-state index in [2.05, 4.69) is 32.7 Å². The second kappa shape index (κ2) is 8.63. The van der Waals surface area contributed by atoms with E-state index in [0.29, 0.717) is 18.4 Å². The van der Waals surface area contributed by atoms with Crippen molar-refractivity contribution in [3.8, 4) is 5.75 Å². The largest absolute Gasteiger partial charge is 0.489 e. The van der Waals surface area contributed by atoms with E-state index in [4.69, 9.17) is 4.74 Å². The molecule has 0 aliphatic heterocycles. The Hall–Kier alpha value is -3.15. The molecule has 0 bridgehead atoms. The molecule has 0 saturated carbocycles. The maximum atomic E-state index is 5.78. The topological polar surface area (TPSA) is 72.0 Å². The van der Waals surface area contributed by atoms with Gasteiger partial charge in [-0.15, -0.1) is 5.10 Å². The predicted molar refractivity (Wildman–Crippen MR) is 99.1 cm³/mol. The molecule has 0 fully saturated rings. The number of ether oxygens (including phenoxy) is 1. The lowest BCUT2D eigenvalue weighted by Gasteiger charge is -2.09. The van der Waals surface area contributed by atoms with Crippen molar-refractivity contribution < 1.29 is 4.74 Å². The van der Waals surface area contributed by atoms with Gasteiger partial charge in [-0.1, -0.05) is 37.3 Å². The van der Waals surface area contributed by atoms with Crippen molar-refractivity contribution in [3.63, 3.8) is 0 Å². The highest BCUT2D eigenvalue weighted by atomic mass is 16.5. The minimum atomic E-state index is 0.457. The van der Waals surface area contributed by atoms with Crippen molar-refractivity contribution >= 4 is 17.5 Å². The molecule has 6 heteroatoms. The van der Waals surface area contributed by atoms with Crippen molar-refractivity contribution in [1.29, 1.82) is 0 Å². The molecule has 6 nitrogen and oxygen atoms in total. The molecular weight excluding hydrogens is 314 g/mol. The van der Waals surface area contributed by atoms with Gasteiger partial charge in [0.05, 0.1) is 6.20 Å². The molecule has 0 amide bonds. The Bertz CT molecular complexity index is 777. The molecule has 0 atom stereocenters. The van der Waals surface area contributed by atoms with Crippen LogP contribution in [0.4, 0.5) is 17.5 Å². The fourth-order valence-corrected chi connectivity index (χ4v) is 2.20. The standard InChI is InChI=1S/C19H21N5O/c1-2-12-20-18-13-21-24-19(23-18)22-16-8-10-17(11-9-16)25-14-15-6-4-3-5-7-15/h3-11,13H,2,12,14H2,1H3,(H2,20,22,23,24). The molecule has 1 heterocycles. The molecule has 25 heavy (non-hydrogen) atoms. The van der Waals surface area contributed by atoms with Crippen molar-refractivity contribution in [3.05, 3.63) is 66.4 Å². The zero-order valence-corrected chi connectivity index (χ0v) is 14.1. The van der Waals surface area contributed by atoms with Gasteiger partial charge in [0.25, 0.3) is 0 Å². The first-order valence-electron chi connectivity index (χ1n) is 8.31. The molecule has 3 aromatic rings. The Morgan fingerprint density at radius 3 is 2.56 bits per heavy atom. The second-order valence-corrected chi connectivity index (χ2v) is 5.52. The monoisotopic (exact) mass is 335 g/mol. The first-order valence-corrected chi connectivity index (χ1v) is 8.31. The van der Waals surface area contributed by atoms with Crippen LogP contribution in [0.5, 0.6) is 5.75 Å². The number of rotatable bonds is 8. The molecule has 0 unspecified atom stereocenters. The van der Waals surface area contributed by atoms with Crippen LogP contribution < -0.4 is 15.4 Å². The molecule has 2 N–H and O–H groups in total. The van der Waals surface area contributed by atoms with E-state index in [9.17, 15) is 0 Å². The van der Waals surface area contributed by atoms with Crippen molar-refractivity contribution in [2.24, 2.45) is 0 Å². The lowest BCUT2D eigenvalue weighted by atomic mass is 10.2. The Morgan fingerprint density at radius 1 is 1.00 bits per heavy atom. The summed E-state index contributed by atoms with van der Waals surface area (Å²) in [6.45, 7) is 3.50.